The van der Waals surface area contributed by atoms with Crippen LogP contribution in [0.5, 0.6) is 0 Å². The Hall–Kier alpha value is -2.40. The highest BCUT2D eigenvalue weighted by Gasteiger charge is 2.59. The number of carbonyl (C=O) groups excluding carboxylic acids is 1. The summed E-state index contributed by atoms with van der Waals surface area (Å²) in [7, 11) is -3.39. The summed E-state index contributed by atoms with van der Waals surface area (Å²) < 4.78 is 44.8. The fraction of sp³-hybridized carbons (Fsp3) is 0.529. The van der Waals surface area contributed by atoms with Crippen LogP contribution < -0.4 is 0 Å². The van der Waals surface area contributed by atoms with Crippen molar-refractivity contribution in [2.45, 2.75) is 19.3 Å². The van der Waals surface area contributed by atoms with Crippen LogP contribution in [0, 0.1) is 18.7 Å². The molecule has 0 spiro atoms. The highest BCUT2D eigenvalue weighted by molar-refractivity contribution is 7.89. The molecule has 0 bridgehead atoms. The van der Waals surface area contributed by atoms with E-state index in [-0.39, 0.29) is 42.9 Å². The molecule has 0 aromatic carbocycles. The Morgan fingerprint density at radius 3 is 2.75 bits per heavy atom. The predicted octanol–water partition coefficient (Wildman–Crippen LogP) is 0.587. The van der Waals surface area contributed by atoms with Gasteiger partial charge < -0.3 is 9.42 Å². The highest BCUT2D eigenvalue weighted by atomic mass is 32.2. The molecule has 9 nitrogen and oxygen atoms in total. The standard InChI is InChI=1S/C17H20FN5O4S/c1-3-28(25,26)23-8-12-7-22(15(24)14-5-4-13(18)6-19-14)9-17(12,10-23)16-20-11(2)21-27-16/h4-6,12H,3,7-10H2,1-2H3. The fourth-order valence-electron chi connectivity index (χ4n) is 4.03. The number of amides is 1. The van der Waals surface area contributed by atoms with Crippen LogP contribution in [0.2, 0.25) is 0 Å². The van der Waals surface area contributed by atoms with Crippen LogP contribution >= 0.6 is 0 Å². The summed E-state index contributed by atoms with van der Waals surface area (Å²) in [6.07, 6.45) is 0.997. The molecule has 4 rings (SSSR count). The molecule has 0 N–H and O–H groups in total. The van der Waals surface area contributed by atoms with Crippen molar-refractivity contribution < 1.29 is 22.1 Å². The van der Waals surface area contributed by atoms with Crippen LogP contribution in [0.25, 0.3) is 0 Å². The van der Waals surface area contributed by atoms with Gasteiger partial charge in [-0.2, -0.15) is 4.98 Å². The topological polar surface area (TPSA) is 110 Å². The number of nitrogens with zero attached hydrogens (tertiary/aromatic N) is 5. The molecule has 0 saturated carbocycles. The highest BCUT2D eigenvalue weighted by Crippen LogP contribution is 2.45. The number of carbonyl (C=O) groups is 1. The van der Waals surface area contributed by atoms with Crippen molar-refractivity contribution in [3.05, 3.63) is 41.6 Å². The third kappa shape index (κ3) is 2.98. The fourth-order valence-corrected chi connectivity index (χ4v) is 5.23. The number of sulfonamides is 1. The number of rotatable bonds is 4. The molecule has 11 heteroatoms. The van der Waals surface area contributed by atoms with Gasteiger partial charge in [-0.05, 0) is 26.0 Å². The van der Waals surface area contributed by atoms with Gasteiger partial charge >= 0.3 is 0 Å². The zero-order valence-electron chi connectivity index (χ0n) is 15.5. The molecule has 2 saturated heterocycles. The number of hydrogen-bond acceptors (Lipinski definition) is 7. The van der Waals surface area contributed by atoms with Crippen molar-refractivity contribution in [2.24, 2.45) is 5.92 Å². The summed E-state index contributed by atoms with van der Waals surface area (Å²) in [6, 6.07) is 2.52. The molecule has 2 aromatic rings. The number of likely N-dealkylation sites (tertiary alicyclic amines) is 1. The van der Waals surface area contributed by atoms with Gasteiger partial charge in [-0.3, -0.25) is 4.79 Å². The molecule has 2 aliphatic heterocycles. The summed E-state index contributed by atoms with van der Waals surface area (Å²) in [5.41, 5.74) is -0.629. The van der Waals surface area contributed by atoms with Crippen molar-refractivity contribution in [1.82, 2.24) is 24.3 Å². The number of hydrogen-bond donors (Lipinski definition) is 0. The summed E-state index contributed by atoms with van der Waals surface area (Å²) >= 11 is 0. The Balaban J connectivity index is 1.66. The molecular formula is C17H20FN5O4S. The summed E-state index contributed by atoms with van der Waals surface area (Å²) in [4.78, 5) is 22.6. The monoisotopic (exact) mass is 409 g/mol. The van der Waals surface area contributed by atoms with Crippen molar-refractivity contribution in [3.8, 4) is 0 Å². The zero-order valence-corrected chi connectivity index (χ0v) is 16.3. The Morgan fingerprint density at radius 1 is 1.36 bits per heavy atom. The first-order valence-corrected chi connectivity index (χ1v) is 10.6. The average molecular weight is 409 g/mol. The van der Waals surface area contributed by atoms with Crippen LogP contribution in [0.4, 0.5) is 4.39 Å². The number of fused-ring (bicyclic) bond motifs is 1. The van der Waals surface area contributed by atoms with Gasteiger partial charge in [0, 0.05) is 32.1 Å². The lowest BCUT2D eigenvalue weighted by atomic mass is 9.81. The second kappa shape index (κ2) is 6.59. The Kier molecular flexibility index (Phi) is 4.46. The van der Waals surface area contributed by atoms with E-state index >= 15 is 0 Å². The van der Waals surface area contributed by atoms with Gasteiger partial charge in [0.05, 0.1) is 17.4 Å². The maximum absolute atomic E-state index is 13.1. The number of aryl methyl sites for hydroxylation is 1. The smallest absolute Gasteiger partial charge is 0.272 e. The number of aromatic nitrogens is 3. The maximum Gasteiger partial charge on any atom is 0.272 e. The minimum absolute atomic E-state index is 0.000799. The van der Waals surface area contributed by atoms with E-state index in [1.165, 1.54) is 16.4 Å². The second-order valence-electron chi connectivity index (χ2n) is 7.24. The maximum atomic E-state index is 13.1. The lowest BCUT2D eigenvalue weighted by Crippen LogP contribution is -2.41. The molecule has 2 aliphatic rings. The summed E-state index contributed by atoms with van der Waals surface area (Å²) in [5, 5.41) is 3.85. The van der Waals surface area contributed by atoms with E-state index in [2.05, 4.69) is 15.1 Å². The Morgan fingerprint density at radius 2 is 2.14 bits per heavy atom. The van der Waals surface area contributed by atoms with Gasteiger partial charge in [0.1, 0.15) is 11.5 Å². The van der Waals surface area contributed by atoms with E-state index in [1.807, 2.05) is 0 Å². The Labute approximate surface area is 161 Å². The van der Waals surface area contributed by atoms with Crippen LogP contribution in [-0.4, -0.2) is 70.6 Å². The van der Waals surface area contributed by atoms with Crippen molar-refractivity contribution in [2.75, 3.05) is 31.9 Å². The molecule has 2 unspecified atom stereocenters. The Bertz CT molecular complexity index is 1010. The molecule has 2 atom stereocenters. The van der Waals surface area contributed by atoms with Gasteiger partial charge in [0.15, 0.2) is 5.82 Å². The molecule has 2 aromatic heterocycles. The number of pyridine rings is 1. The first-order valence-electron chi connectivity index (χ1n) is 8.94. The quantitative estimate of drug-likeness (QED) is 0.727. The first-order chi connectivity index (χ1) is 13.2. The molecular weight excluding hydrogens is 389 g/mol. The second-order valence-corrected chi connectivity index (χ2v) is 9.50. The van der Waals surface area contributed by atoms with Crippen LogP contribution in [-0.2, 0) is 15.4 Å². The summed E-state index contributed by atoms with van der Waals surface area (Å²) in [6.45, 7) is 4.30. The van der Waals surface area contributed by atoms with E-state index in [0.717, 1.165) is 6.20 Å². The lowest BCUT2D eigenvalue weighted by molar-refractivity contribution is 0.0767. The third-order valence-corrected chi connectivity index (χ3v) is 7.32. The van der Waals surface area contributed by atoms with Gasteiger partial charge in [0.25, 0.3) is 5.91 Å². The van der Waals surface area contributed by atoms with E-state index < -0.39 is 21.3 Å². The van der Waals surface area contributed by atoms with E-state index in [0.29, 0.717) is 18.3 Å². The molecule has 0 aliphatic carbocycles. The van der Waals surface area contributed by atoms with E-state index in [4.69, 9.17) is 4.52 Å². The van der Waals surface area contributed by atoms with Crippen molar-refractivity contribution in [1.29, 1.82) is 0 Å². The predicted molar refractivity (Wildman–Crippen MR) is 95.3 cm³/mol. The molecule has 1 amide bonds. The lowest BCUT2D eigenvalue weighted by Gasteiger charge is -2.25. The average Bonchev–Trinajstić information content (AvgIpc) is 3.34. The van der Waals surface area contributed by atoms with E-state index in [9.17, 15) is 17.6 Å². The van der Waals surface area contributed by atoms with Crippen molar-refractivity contribution in [3.63, 3.8) is 0 Å². The van der Waals surface area contributed by atoms with Gasteiger partial charge in [-0.15, -0.1) is 0 Å². The van der Waals surface area contributed by atoms with Crippen molar-refractivity contribution >= 4 is 15.9 Å². The first kappa shape index (κ1) is 18.9. The molecule has 4 heterocycles. The molecule has 150 valence electrons. The third-order valence-electron chi connectivity index (χ3n) is 5.52. The SMILES string of the molecule is CCS(=O)(=O)N1CC2CN(C(=O)c3ccc(F)cn3)CC2(c2nc(C)no2)C1. The van der Waals surface area contributed by atoms with E-state index in [1.54, 1.807) is 18.7 Å². The summed E-state index contributed by atoms with van der Waals surface area (Å²) in [5.74, 6) is -0.252. The minimum Gasteiger partial charge on any atom is -0.339 e. The minimum atomic E-state index is -3.39. The van der Waals surface area contributed by atoms with Gasteiger partial charge in [-0.1, -0.05) is 5.16 Å². The van der Waals surface area contributed by atoms with Crippen LogP contribution in [0.3, 0.4) is 0 Å². The largest absolute Gasteiger partial charge is 0.339 e. The normalized spacial score (nSPS) is 25.2. The molecule has 0 radical (unpaired) electrons. The van der Waals surface area contributed by atoms with Crippen LogP contribution in [0.15, 0.2) is 22.9 Å². The van der Waals surface area contributed by atoms with Crippen LogP contribution in [0.1, 0.15) is 29.1 Å². The zero-order chi connectivity index (χ0) is 20.1. The number of halogens is 1. The molecule has 2 fully saturated rings. The van der Waals surface area contributed by atoms with Gasteiger partial charge in [0.2, 0.25) is 15.9 Å². The molecule has 28 heavy (non-hydrogen) atoms. The van der Waals surface area contributed by atoms with Gasteiger partial charge in [-0.25, -0.2) is 22.1 Å².